The summed E-state index contributed by atoms with van der Waals surface area (Å²) in [5.41, 5.74) is 1.13. The number of anilines is 1. The molecule has 32 heavy (non-hydrogen) atoms. The lowest BCUT2D eigenvalue weighted by atomic mass is 9.89. The van der Waals surface area contributed by atoms with Gasteiger partial charge in [0.15, 0.2) is 5.82 Å². The molecule has 0 bridgehead atoms. The number of amides is 2. The Morgan fingerprint density at radius 3 is 2.44 bits per heavy atom. The Morgan fingerprint density at radius 1 is 1.25 bits per heavy atom. The van der Waals surface area contributed by atoms with Crippen molar-refractivity contribution in [3.63, 3.8) is 0 Å². The normalized spacial score (nSPS) is 21.8. The molecule has 1 aromatic carbocycles. The van der Waals surface area contributed by atoms with E-state index in [0.29, 0.717) is 17.9 Å². The van der Waals surface area contributed by atoms with E-state index < -0.39 is 0 Å². The molecule has 10 heteroatoms. The molecule has 3 heterocycles. The van der Waals surface area contributed by atoms with Crippen LogP contribution in [-0.4, -0.2) is 78.4 Å². The van der Waals surface area contributed by atoms with E-state index in [0.717, 1.165) is 36.8 Å². The standard InChI is InChI=1S/C21H29N5O3.CH2O2/c1-13(2)19-22-20(29-23-19)25-10-15-11-26(21(27)24(3)4)18(17(15)12-25)14-6-8-16(28-5)9-7-14;2-1-3/h6-9,13,15,17-18H,10-12H2,1-5H3;1H,(H,2,3)/t15-,17-,18+;/m1./s1. The SMILES string of the molecule is COc1ccc([C@H]2[C@@H]3CN(c4nc(C(C)C)no4)C[C@@H]3CN2C(=O)N(C)C)cc1.O=CO. The molecule has 0 radical (unpaired) electrons. The molecule has 2 aromatic rings. The number of benzene rings is 1. The van der Waals surface area contributed by atoms with Crippen molar-refractivity contribution in [3.8, 4) is 5.75 Å². The summed E-state index contributed by atoms with van der Waals surface area (Å²) in [5.74, 6) is 2.44. The third-order valence-corrected chi connectivity index (χ3v) is 5.97. The van der Waals surface area contributed by atoms with Gasteiger partial charge in [-0.05, 0) is 17.7 Å². The first kappa shape index (κ1) is 23.4. The van der Waals surface area contributed by atoms with Gasteiger partial charge in [0.25, 0.3) is 6.47 Å². The van der Waals surface area contributed by atoms with Gasteiger partial charge in [-0.2, -0.15) is 4.98 Å². The molecule has 0 aliphatic carbocycles. The summed E-state index contributed by atoms with van der Waals surface area (Å²) in [6.45, 7) is 6.18. The number of methoxy groups -OCH3 is 1. The second kappa shape index (κ2) is 9.88. The molecular weight excluding hydrogens is 414 g/mol. The second-order valence-corrected chi connectivity index (χ2v) is 8.57. The number of urea groups is 1. The summed E-state index contributed by atoms with van der Waals surface area (Å²) >= 11 is 0. The minimum atomic E-state index is -0.250. The van der Waals surface area contributed by atoms with Crippen LogP contribution in [0.15, 0.2) is 28.8 Å². The Morgan fingerprint density at radius 2 is 1.91 bits per heavy atom. The molecule has 1 aromatic heterocycles. The Kier molecular flexibility index (Phi) is 7.22. The lowest BCUT2D eigenvalue weighted by Crippen LogP contribution is -2.41. The maximum atomic E-state index is 12.9. The third-order valence-electron chi connectivity index (χ3n) is 5.97. The van der Waals surface area contributed by atoms with Gasteiger partial charge in [0.2, 0.25) is 0 Å². The number of carbonyl (C=O) groups excluding carboxylic acids is 1. The van der Waals surface area contributed by atoms with E-state index in [1.165, 1.54) is 0 Å². The first-order valence-corrected chi connectivity index (χ1v) is 10.6. The van der Waals surface area contributed by atoms with E-state index in [1.807, 2.05) is 17.0 Å². The van der Waals surface area contributed by atoms with Crippen molar-refractivity contribution in [1.82, 2.24) is 19.9 Å². The smallest absolute Gasteiger partial charge is 0.324 e. The van der Waals surface area contributed by atoms with E-state index in [-0.39, 0.29) is 24.5 Å². The van der Waals surface area contributed by atoms with Gasteiger partial charge >= 0.3 is 12.0 Å². The number of hydrogen-bond donors (Lipinski definition) is 1. The van der Waals surface area contributed by atoms with Crippen molar-refractivity contribution in [1.29, 1.82) is 0 Å². The van der Waals surface area contributed by atoms with Crippen LogP contribution >= 0.6 is 0 Å². The van der Waals surface area contributed by atoms with Crippen LogP contribution in [0.1, 0.15) is 37.2 Å². The molecule has 2 amide bonds. The number of ether oxygens (including phenoxy) is 1. The van der Waals surface area contributed by atoms with Crippen molar-refractivity contribution >= 4 is 18.5 Å². The number of rotatable bonds is 4. The highest BCUT2D eigenvalue weighted by molar-refractivity contribution is 5.75. The van der Waals surface area contributed by atoms with E-state index >= 15 is 0 Å². The van der Waals surface area contributed by atoms with Crippen LogP contribution < -0.4 is 9.64 Å². The third kappa shape index (κ3) is 4.63. The number of likely N-dealkylation sites (tertiary alicyclic amines) is 1. The molecule has 0 unspecified atom stereocenters. The summed E-state index contributed by atoms with van der Waals surface area (Å²) in [4.78, 5) is 31.6. The van der Waals surface area contributed by atoms with Crippen LogP contribution in [-0.2, 0) is 4.79 Å². The van der Waals surface area contributed by atoms with Crippen LogP contribution in [0.2, 0.25) is 0 Å². The summed E-state index contributed by atoms with van der Waals surface area (Å²) in [7, 11) is 5.27. The second-order valence-electron chi connectivity index (χ2n) is 8.57. The highest BCUT2D eigenvalue weighted by Gasteiger charge is 2.50. The zero-order chi connectivity index (χ0) is 23.4. The van der Waals surface area contributed by atoms with Crippen LogP contribution in [0.5, 0.6) is 5.75 Å². The maximum absolute atomic E-state index is 12.9. The molecule has 2 aliphatic rings. The molecule has 1 N–H and O–H groups in total. The fraction of sp³-hybridized carbons (Fsp3) is 0.545. The van der Waals surface area contributed by atoms with Crippen molar-refractivity contribution in [2.24, 2.45) is 11.8 Å². The van der Waals surface area contributed by atoms with Gasteiger partial charge in [-0.1, -0.05) is 31.1 Å². The topological polar surface area (TPSA) is 112 Å². The maximum Gasteiger partial charge on any atom is 0.324 e. The zero-order valence-corrected chi connectivity index (χ0v) is 19.1. The highest BCUT2D eigenvalue weighted by atomic mass is 16.5. The monoisotopic (exact) mass is 445 g/mol. The molecule has 3 atom stereocenters. The Hall–Kier alpha value is -3.30. The summed E-state index contributed by atoms with van der Waals surface area (Å²) < 4.78 is 10.8. The summed E-state index contributed by atoms with van der Waals surface area (Å²) in [5, 5.41) is 11.0. The molecule has 4 rings (SSSR count). The average molecular weight is 446 g/mol. The molecule has 2 saturated heterocycles. The number of carbonyl (C=O) groups is 2. The zero-order valence-electron chi connectivity index (χ0n) is 19.1. The van der Waals surface area contributed by atoms with Crippen molar-refractivity contribution in [2.75, 3.05) is 45.7 Å². The molecule has 10 nitrogen and oxygen atoms in total. The van der Waals surface area contributed by atoms with Gasteiger partial charge in [0.1, 0.15) is 5.75 Å². The van der Waals surface area contributed by atoms with Crippen LogP contribution in [0.25, 0.3) is 0 Å². The lowest BCUT2D eigenvalue weighted by molar-refractivity contribution is -0.122. The van der Waals surface area contributed by atoms with Crippen molar-refractivity contribution in [2.45, 2.75) is 25.8 Å². The van der Waals surface area contributed by atoms with Gasteiger partial charge in [-0.15, -0.1) is 0 Å². The van der Waals surface area contributed by atoms with Crippen molar-refractivity contribution in [3.05, 3.63) is 35.7 Å². The molecule has 0 spiro atoms. The minimum Gasteiger partial charge on any atom is -0.497 e. The number of nitrogens with zero attached hydrogens (tertiary/aromatic N) is 5. The van der Waals surface area contributed by atoms with Gasteiger partial charge in [0.05, 0.1) is 13.2 Å². The molecular formula is C22H31N5O5. The summed E-state index contributed by atoms with van der Waals surface area (Å²) in [6.07, 6.45) is 0. The Bertz CT molecular complexity index is 914. The van der Waals surface area contributed by atoms with Gasteiger partial charge in [-0.25, -0.2) is 4.79 Å². The van der Waals surface area contributed by atoms with Gasteiger partial charge < -0.3 is 29.1 Å². The first-order valence-electron chi connectivity index (χ1n) is 10.6. The van der Waals surface area contributed by atoms with Crippen LogP contribution in [0.4, 0.5) is 10.8 Å². The first-order chi connectivity index (χ1) is 15.3. The fourth-order valence-electron chi connectivity index (χ4n) is 4.47. The predicted octanol–water partition coefficient (Wildman–Crippen LogP) is 2.69. The average Bonchev–Trinajstić information content (AvgIpc) is 3.47. The van der Waals surface area contributed by atoms with Gasteiger partial charge in [0, 0.05) is 51.5 Å². The largest absolute Gasteiger partial charge is 0.497 e. The van der Waals surface area contributed by atoms with E-state index in [1.54, 1.807) is 26.1 Å². The van der Waals surface area contributed by atoms with E-state index in [9.17, 15) is 4.79 Å². The predicted molar refractivity (Wildman–Crippen MR) is 118 cm³/mol. The molecule has 2 aliphatic heterocycles. The number of carboxylic acid groups (broad SMARTS) is 1. The Balaban J connectivity index is 0.000000913. The Labute approximate surface area is 187 Å². The summed E-state index contributed by atoms with van der Waals surface area (Å²) in [6, 6.07) is 8.69. The van der Waals surface area contributed by atoms with E-state index in [4.69, 9.17) is 19.2 Å². The molecule has 174 valence electrons. The number of aromatic nitrogens is 2. The van der Waals surface area contributed by atoms with Crippen LogP contribution in [0.3, 0.4) is 0 Å². The fourth-order valence-corrected chi connectivity index (χ4v) is 4.47. The van der Waals surface area contributed by atoms with Crippen molar-refractivity contribution < 1.29 is 24.0 Å². The highest BCUT2D eigenvalue weighted by Crippen LogP contribution is 2.46. The molecule has 0 saturated carbocycles. The minimum absolute atomic E-state index is 0.0123. The van der Waals surface area contributed by atoms with Crippen LogP contribution in [0, 0.1) is 11.8 Å². The molecule has 2 fully saturated rings. The van der Waals surface area contributed by atoms with E-state index in [2.05, 4.69) is 41.0 Å². The lowest BCUT2D eigenvalue weighted by Gasteiger charge is -2.31. The quantitative estimate of drug-likeness (QED) is 0.715. The van der Waals surface area contributed by atoms with Gasteiger partial charge in [-0.3, -0.25) is 4.79 Å². The number of hydrogen-bond acceptors (Lipinski definition) is 7. The number of fused-ring (bicyclic) bond motifs is 1.